The van der Waals surface area contributed by atoms with E-state index < -0.39 is 5.97 Å². The molecule has 0 fully saturated rings. The van der Waals surface area contributed by atoms with Gasteiger partial charge < -0.3 is 14.9 Å². The van der Waals surface area contributed by atoms with Crippen molar-refractivity contribution in [2.75, 3.05) is 0 Å². The Labute approximate surface area is 120 Å². The lowest BCUT2D eigenvalue weighted by molar-refractivity contribution is -0.131. The molecule has 2 rings (SSSR count). The van der Waals surface area contributed by atoms with Gasteiger partial charge in [-0.3, -0.25) is 0 Å². The molecule has 0 bridgehead atoms. The first-order valence-corrected chi connectivity index (χ1v) is 6.87. The third-order valence-electron chi connectivity index (χ3n) is 2.69. The lowest BCUT2D eigenvalue weighted by atomic mass is 10.2. The standard InChI is InChI=1S/C15H14O4S/c16-9-12-3-1-2-4-13(12)19-10-14-11(7-8-20-14)5-6-15(17)18/h1-8,16H,9-10H2,(H,17,18). The van der Waals surface area contributed by atoms with Crippen molar-refractivity contribution in [1.82, 2.24) is 0 Å². The maximum absolute atomic E-state index is 10.5. The number of aliphatic carboxylic acids is 1. The van der Waals surface area contributed by atoms with Crippen molar-refractivity contribution in [3.63, 3.8) is 0 Å². The summed E-state index contributed by atoms with van der Waals surface area (Å²) < 4.78 is 5.69. The van der Waals surface area contributed by atoms with Crippen LogP contribution in [0, 0.1) is 0 Å². The van der Waals surface area contributed by atoms with Crippen molar-refractivity contribution in [2.45, 2.75) is 13.2 Å². The number of carboxylic acids is 1. The average molecular weight is 290 g/mol. The number of thiophene rings is 1. The van der Waals surface area contributed by atoms with Crippen LogP contribution in [0.5, 0.6) is 5.75 Å². The summed E-state index contributed by atoms with van der Waals surface area (Å²) in [5.74, 6) is -0.342. The van der Waals surface area contributed by atoms with Gasteiger partial charge in [0.1, 0.15) is 12.4 Å². The zero-order valence-electron chi connectivity index (χ0n) is 10.7. The summed E-state index contributed by atoms with van der Waals surface area (Å²) in [6, 6.07) is 9.13. The number of hydrogen-bond donors (Lipinski definition) is 2. The molecule has 1 aromatic carbocycles. The van der Waals surface area contributed by atoms with Gasteiger partial charge in [-0.15, -0.1) is 11.3 Å². The number of aliphatic hydroxyl groups excluding tert-OH is 1. The van der Waals surface area contributed by atoms with Gasteiger partial charge in [0.05, 0.1) is 6.61 Å². The first-order valence-electron chi connectivity index (χ1n) is 5.99. The fourth-order valence-electron chi connectivity index (χ4n) is 1.70. The van der Waals surface area contributed by atoms with Gasteiger partial charge in [0.25, 0.3) is 0 Å². The van der Waals surface area contributed by atoms with Crippen LogP contribution < -0.4 is 4.74 Å². The van der Waals surface area contributed by atoms with E-state index in [-0.39, 0.29) is 6.61 Å². The van der Waals surface area contributed by atoms with E-state index in [2.05, 4.69) is 0 Å². The van der Waals surface area contributed by atoms with E-state index in [4.69, 9.17) is 9.84 Å². The summed E-state index contributed by atoms with van der Waals surface area (Å²) in [5, 5.41) is 19.7. The van der Waals surface area contributed by atoms with E-state index in [1.807, 2.05) is 23.6 Å². The summed E-state index contributed by atoms with van der Waals surface area (Å²) in [6.07, 6.45) is 2.66. The Bertz CT molecular complexity index is 616. The predicted molar refractivity (Wildman–Crippen MR) is 77.7 cm³/mol. The van der Waals surface area contributed by atoms with Crippen LogP contribution in [0.1, 0.15) is 16.0 Å². The van der Waals surface area contributed by atoms with E-state index in [1.165, 1.54) is 11.3 Å². The molecule has 2 aromatic rings. The Morgan fingerprint density at radius 2 is 2.10 bits per heavy atom. The molecule has 0 amide bonds. The molecule has 0 radical (unpaired) electrons. The molecule has 0 saturated carbocycles. The average Bonchev–Trinajstić information content (AvgIpc) is 2.90. The summed E-state index contributed by atoms with van der Waals surface area (Å²) in [7, 11) is 0. The van der Waals surface area contributed by atoms with Gasteiger partial charge in [0, 0.05) is 16.5 Å². The smallest absolute Gasteiger partial charge is 0.328 e. The summed E-state index contributed by atoms with van der Waals surface area (Å²) in [6.45, 7) is 0.264. The number of rotatable bonds is 6. The van der Waals surface area contributed by atoms with E-state index >= 15 is 0 Å². The fraction of sp³-hybridized carbons (Fsp3) is 0.133. The van der Waals surface area contributed by atoms with Gasteiger partial charge in [0.2, 0.25) is 0 Å². The molecule has 0 aliphatic heterocycles. The normalized spacial score (nSPS) is 10.8. The Kier molecular flexibility index (Phi) is 4.92. The van der Waals surface area contributed by atoms with Gasteiger partial charge in [0.15, 0.2) is 0 Å². The van der Waals surface area contributed by atoms with Crippen LogP contribution >= 0.6 is 11.3 Å². The van der Waals surface area contributed by atoms with Gasteiger partial charge in [-0.25, -0.2) is 4.79 Å². The lowest BCUT2D eigenvalue weighted by Crippen LogP contribution is -1.98. The van der Waals surface area contributed by atoms with Crippen molar-refractivity contribution in [2.24, 2.45) is 0 Å². The predicted octanol–water partition coefficient (Wildman–Crippen LogP) is 2.92. The Morgan fingerprint density at radius 1 is 1.30 bits per heavy atom. The van der Waals surface area contributed by atoms with E-state index in [0.29, 0.717) is 12.4 Å². The van der Waals surface area contributed by atoms with Crippen molar-refractivity contribution in [3.8, 4) is 5.75 Å². The Morgan fingerprint density at radius 3 is 2.85 bits per heavy atom. The summed E-state index contributed by atoms with van der Waals surface area (Å²) in [5.41, 5.74) is 1.56. The summed E-state index contributed by atoms with van der Waals surface area (Å²) in [4.78, 5) is 11.5. The molecule has 5 heteroatoms. The molecule has 0 spiro atoms. The number of aliphatic hydroxyl groups is 1. The van der Waals surface area contributed by atoms with Crippen LogP contribution in [-0.2, 0) is 18.0 Å². The van der Waals surface area contributed by atoms with Gasteiger partial charge in [-0.2, -0.15) is 0 Å². The molecule has 0 unspecified atom stereocenters. The zero-order valence-corrected chi connectivity index (χ0v) is 11.5. The van der Waals surface area contributed by atoms with E-state index in [1.54, 1.807) is 18.2 Å². The maximum atomic E-state index is 10.5. The summed E-state index contributed by atoms with van der Waals surface area (Å²) >= 11 is 1.50. The first-order chi connectivity index (χ1) is 9.70. The highest BCUT2D eigenvalue weighted by molar-refractivity contribution is 7.10. The zero-order chi connectivity index (χ0) is 14.4. The third kappa shape index (κ3) is 3.69. The van der Waals surface area contributed by atoms with Crippen LogP contribution in [0.25, 0.3) is 6.08 Å². The number of para-hydroxylation sites is 1. The number of carbonyl (C=O) groups is 1. The minimum Gasteiger partial charge on any atom is -0.488 e. The second-order valence-electron chi connectivity index (χ2n) is 4.03. The maximum Gasteiger partial charge on any atom is 0.328 e. The highest BCUT2D eigenvalue weighted by Gasteiger charge is 2.06. The van der Waals surface area contributed by atoms with Gasteiger partial charge >= 0.3 is 5.97 Å². The second-order valence-corrected chi connectivity index (χ2v) is 5.03. The van der Waals surface area contributed by atoms with Crippen LogP contribution in [0.2, 0.25) is 0 Å². The minimum absolute atomic E-state index is 0.0770. The number of benzene rings is 1. The highest BCUT2D eigenvalue weighted by atomic mass is 32.1. The molecule has 2 N–H and O–H groups in total. The molecule has 104 valence electrons. The van der Waals surface area contributed by atoms with Crippen molar-refractivity contribution in [1.29, 1.82) is 0 Å². The number of ether oxygens (including phenoxy) is 1. The largest absolute Gasteiger partial charge is 0.488 e. The highest BCUT2D eigenvalue weighted by Crippen LogP contribution is 2.23. The Balaban J connectivity index is 2.08. The lowest BCUT2D eigenvalue weighted by Gasteiger charge is -2.09. The Hall–Kier alpha value is -2.11. The second kappa shape index (κ2) is 6.88. The number of hydrogen-bond acceptors (Lipinski definition) is 4. The molecular formula is C15H14O4S. The van der Waals surface area contributed by atoms with Gasteiger partial charge in [-0.1, -0.05) is 18.2 Å². The molecule has 20 heavy (non-hydrogen) atoms. The van der Waals surface area contributed by atoms with E-state index in [0.717, 1.165) is 22.1 Å². The molecular weight excluding hydrogens is 276 g/mol. The van der Waals surface area contributed by atoms with Crippen molar-refractivity contribution < 1.29 is 19.7 Å². The fourth-order valence-corrected chi connectivity index (χ4v) is 2.47. The third-order valence-corrected chi connectivity index (χ3v) is 3.60. The molecule has 0 saturated heterocycles. The molecule has 1 heterocycles. The molecule has 4 nitrogen and oxygen atoms in total. The molecule has 0 aliphatic rings. The van der Waals surface area contributed by atoms with Crippen LogP contribution in [-0.4, -0.2) is 16.2 Å². The number of carboxylic acid groups (broad SMARTS) is 1. The quantitative estimate of drug-likeness (QED) is 0.803. The van der Waals surface area contributed by atoms with Crippen molar-refractivity contribution in [3.05, 3.63) is 57.8 Å². The van der Waals surface area contributed by atoms with Crippen LogP contribution in [0.3, 0.4) is 0 Å². The van der Waals surface area contributed by atoms with Crippen molar-refractivity contribution >= 4 is 23.4 Å². The SMILES string of the molecule is O=C(O)C=Cc1ccsc1COc1ccccc1CO. The first kappa shape index (κ1) is 14.3. The van der Waals surface area contributed by atoms with E-state index in [9.17, 15) is 9.90 Å². The molecule has 0 atom stereocenters. The topological polar surface area (TPSA) is 66.8 Å². The van der Waals surface area contributed by atoms with Gasteiger partial charge in [-0.05, 0) is 29.2 Å². The monoisotopic (exact) mass is 290 g/mol. The molecule has 1 aromatic heterocycles. The molecule has 0 aliphatic carbocycles. The minimum atomic E-state index is -0.978. The van der Waals surface area contributed by atoms with Crippen LogP contribution in [0.15, 0.2) is 41.8 Å². The van der Waals surface area contributed by atoms with Crippen LogP contribution in [0.4, 0.5) is 0 Å².